The van der Waals surface area contributed by atoms with Crippen molar-refractivity contribution in [2.24, 2.45) is 5.73 Å². The molecule has 0 aliphatic carbocycles. The monoisotopic (exact) mass is 250 g/mol. The second kappa shape index (κ2) is 5.58. The summed E-state index contributed by atoms with van der Waals surface area (Å²) in [6, 6.07) is 8.00. The van der Waals surface area contributed by atoms with Crippen LogP contribution < -0.4 is 5.73 Å². The van der Waals surface area contributed by atoms with E-state index in [9.17, 15) is 5.11 Å². The third-order valence-corrected chi connectivity index (χ3v) is 3.45. The molecular formula is C13H18N2OS. The van der Waals surface area contributed by atoms with Gasteiger partial charge in [-0.05, 0) is 18.4 Å². The lowest BCUT2D eigenvalue weighted by atomic mass is 10.0. The Morgan fingerprint density at radius 1 is 1.35 bits per heavy atom. The van der Waals surface area contributed by atoms with E-state index in [1.165, 1.54) is 5.56 Å². The van der Waals surface area contributed by atoms with Crippen molar-refractivity contribution >= 4 is 17.2 Å². The lowest BCUT2D eigenvalue weighted by Crippen LogP contribution is -2.35. The quantitative estimate of drug-likeness (QED) is 0.793. The first-order chi connectivity index (χ1) is 8.16. The molecule has 2 rings (SSSR count). The van der Waals surface area contributed by atoms with Crippen molar-refractivity contribution in [2.75, 3.05) is 13.1 Å². The van der Waals surface area contributed by atoms with E-state index >= 15 is 0 Å². The summed E-state index contributed by atoms with van der Waals surface area (Å²) in [6.07, 6.45) is 1.59. The minimum Gasteiger partial charge on any atom is -0.393 e. The van der Waals surface area contributed by atoms with Gasteiger partial charge in [0.15, 0.2) is 0 Å². The molecular weight excluding hydrogens is 232 g/mol. The fourth-order valence-electron chi connectivity index (χ4n) is 2.22. The van der Waals surface area contributed by atoms with Crippen LogP contribution in [0.2, 0.25) is 0 Å². The Bertz CT molecular complexity index is 400. The van der Waals surface area contributed by atoms with Crippen LogP contribution in [0, 0.1) is 0 Å². The summed E-state index contributed by atoms with van der Waals surface area (Å²) < 4.78 is 0. The average molecular weight is 250 g/mol. The molecule has 1 aromatic carbocycles. The Morgan fingerprint density at radius 2 is 2.00 bits per heavy atom. The molecule has 1 heterocycles. The molecule has 1 aliphatic heterocycles. The Kier molecular flexibility index (Phi) is 4.10. The minimum absolute atomic E-state index is 0.128. The maximum atomic E-state index is 9.47. The lowest BCUT2D eigenvalue weighted by Gasteiger charge is -2.30. The van der Waals surface area contributed by atoms with Crippen molar-refractivity contribution < 1.29 is 5.11 Å². The molecule has 1 saturated heterocycles. The fourth-order valence-corrected chi connectivity index (χ4v) is 2.42. The summed E-state index contributed by atoms with van der Waals surface area (Å²) in [5.41, 5.74) is 7.86. The first kappa shape index (κ1) is 12.5. The third kappa shape index (κ3) is 3.25. The van der Waals surface area contributed by atoms with Gasteiger partial charge in [-0.1, -0.05) is 36.5 Å². The Labute approximate surface area is 107 Å². The molecule has 0 spiro atoms. The van der Waals surface area contributed by atoms with Crippen LogP contribution in [0.5, 0.6) is 0 Å². The standard InChI is InChI=1S/C13H18N2OS/c14-13(17)12-4-2-1-3-10(12)9-15-7-5-11(16)6-8-15/h1-4,11,16H,5-9H2,(H2,14,17). The lowest BCUT2D eigenvalue weighted by molar-refractivity contribution is 0.0792. The minimum atomic E-state index is -0.128. The summed E-state index contributed by atoms with van der Waals surface area (Å²) in [5, 5.41) is 9.47. The van der Waals surface area contributed by atoms with Crippen LogP contribution in [0.3, 0.4) is 0 Å². The van der Waals surface area contributed by atoms with E-state index in [2.05, 4.69) is 11.0 Å². The van der Waals surface area contributed by atoms with Crippen molar-refractivity contribution in [3.8, 4) is 0 Å². The van der Waals surface area contributed by atoms with E-state index in [-0.39, 0.29) is 6.10 Å². The molecule has 1 aliphatic rings. The van der Waals surface area contributed by atoms with Crippen LogP contribution in [0.25, 0.3) is 0 Å². The van der Waals surface area contributed by atoms with Gasteiger partial charge in [0.1, 0.15) is 4.99 Å². The van der Waals surface area contributed by atoms with E-state index in [1.807, 2.05) is 18.2 Å². The largest absolute Gasteiger partial charge is 0.393 e. The van der Waals surface area contributed by atoms with Crippen LogP contribution in [-0.4, -0.2) is 34.2 Å². The van der Waals surface area contributed by atoms with Gasteiger partial charge in [0, 0.05) is 25.2 Å². The zero-order valence-electron chi connectivity index (χ0n) is 9.80. The van der Waals surface area contributed by atoms with Crippen molar-refractivity contribution in [3.63, 3.8) is 0 Å². The summed E-state index contributed by atoms with van der Waals surface area (Å²) in [6.45, 7) is 2.74. The number of piperidine rings is 1. The molecule has 4 heteroatoms. The van der Waals surface area contributed by atoms with Gasteiger partial charge < -0.3 is 10.8 Å². The van der Waals surface area contributed by atoms with E-state index in [4.69, 9.17) is 18.0 Å². The highest BCUT2D eigenvalue weighted by molar-refractivity contribution is 7.80. The zero-order valence-corrected chi connectivity index (χ0v) is 10.6. The molecule has 92 valence electrons. The number of rotatable bonds is 3. The molecule has 1 aromatic rings. The average Bonchev–Trinajstić information content (AvgIpc) is 2.32. The zero-order chi connectivity index (χ0) is 12.3. The summed E-state index contributed by atoms with van der Waals surface area (Å²) in [7, 11) is 0. The maximum Gasteiger partial charge on any atom is 0.104 e. The summed E-state index contributed by atoms with van der Waals surface area (Å²) in [5.74, 6) is 0. The van der Waals surface area contributed by atoms with Crippen molar-refractivity contribution in [3.05, 3.63) is 35.4 Å². The molecule has 0 saturated carbocycles. The van der Waals surface area contributed by atoms with Gasteiger partial charge in [-0.15, -0.1) is 0 Å². The second-order valence-corrected chi connectivity index (χ2v) is 4.97. The second-order valence-electron chi connectivity index (χ2n) is 4.53. The van der Waals surface area contributed by atoms with Gasteiger partial charge >= 0.3 is 0 Å². The Hall–Kier alpha value is -0.970. The SMILES string of the molecule is NC(=S)c1ccccc1CN1CCC(O)CC1. The highest BCUT2D eigenvalue weighted by Gasteiger charge is 2.17. The molecule has 0 amide bonds. The van der Waals surface area contributed by atoms with Crippen molar-refractivity contribution in [1.82, 2.24) is 4.90 Å². The van der Waals surface area contributed by atoms with Crippen molar-refractivity contribution in [2.45, 2.75) is 25.5 Å². The van der Waals surface area contributed by atoms with Crippen molar-refractivity contribution in [1.29, 1.82) is 0 Å². The number of aliphatic hydroxyl groups excluding tert-OH is 1. The first-order valence-corrected chi connectivity index (χ1v) is 6.36. The van der Waals surface area contributed by atoms with Crippen LogP contribution in [0.4, 0.5) is 0 Å². The van der Waals surface area contributed by atoms with Gasteiger partial charge in [0.2, 0.25) is 0 Å². The van der Waals surface area contributed by atoms with Crippen LogP contribution in [0.1, 0.15) is 24.0 Å². The molecule has 0 radical (unpaired) electrons. The molecule has 1 fully saturated rings. The molecule has 3 nitrogen and oxygen atoms in total. The van der Waals surface area contributed by atoms with Gasteiger partial charge in [0.05, 0.1) is 6.10 Å². The molecule has 0 atom stereocenters. The number of likely N-dealkylation sites (tertiary alicyclic amines) is 1. The Balaban J connectivity index is 2.05. The molecule has 17 heavy (non-hydrogen) atoms. The maximum absolute atomic E-state index is 9.47. The van der Waals surface area contributed by atoms with Crippen LogP contribution >= 0.6 is 12.2 Å². The number of benzene rings is 1. The molecule has 0 bridgehead atoms. The third-order valence-electron chi connectivity index (χ3n) is 3.23. The predicted molar refractivity (Wildman–Crippen MR) is 72.8 cm³/mol. The van der Waals surface area contributed by atoms with E-state index in [0.29, 0.717) is 4.99 Å². The van der Waals surface area contributed by atoms with E-state index in [0.717, 1.165) is 38.0 Å². The van der Waals surface area contributed by atoms with E-state index in [1.54, 1.807) is 0 Å². The van der Waals surface area contributed by atoms with Gasteiger partial charge in [-0.25, -0.2) is 0 Å². The smallest absolute Gasteiger partial charge is 0.104 e. The highest BCUT2D eigenvalue weighted by atomic mass is 32.1. The number of aliphatic hydroxyl groups is 1. The predicted octanol–water partition coefficient (Wildman–Crippen LogP) is 1.28. The topological polar surface area (TPSA) is 49.5 Å². The molecule has 0 unspecified atom stereocenters. The van der Waals surface area contributed by atoms with E-state index < -0.39 is 0 Å². The van der Waals surface area contributed by atoms with Crippen LogP contribution in [0.15, 0.2) is 24.3 Å². The number of nitrogens with zero attached hydrogens (tertiary/aromatic N) is 1. The van der Waals surface area contributed by atoms with Gasteiger partial charge in [0.25, 0.3) is 0 Å². The highest BCUT2D eigenvalue weighted by Crippen LogP contribution is 2.16. The molecule has 3 N–H and O–H groups in total. The first-order valence-electron chi connectivity index (χ1n) is 5.95. The number of thiocarbonyl (C=S) groups is 1. The number of hydrogen-bond donors (Lipinski definition) is 2. The Morgan fingerprint density at radius 3 is 2.65 bits per heavy atom. The number of nitrogens with two attached hydrogens (primary N) is 1. The number of hydrogen-bond acceptors (Lipinski definition) is 3. The summed E-state index contributed by atoms with van der Waals surface area (Å²) >= 11 is 5.06. The van der Waals surface area contributed by atoms with Gasteiger partial charge in [-0.2, -0.15) is 0 Å². The fraction of sp³-hybridized carbons (Fsp3) is 0.462. The van der Waals surface area contributed by atoms with Crippen LogP contribution in [-0.2, 0) is 6.54 Å². The summed E-state index contributed by atoms with van der Waals surface area (Å²) in [4.78, 5) is 2.79. The molecule has 0 aromatic heterocycles. The normalized spacial score (nSPS) is 18.2. The van der Waals surface area contributed by atoms with Gasteiger partial charge in [-0.3, -0.25) is 4.90 Å².